The summed E-state index contributed by atoms with van der Waals surface area (Å²) in [6, 6.07) is 13.3. The Balaban J connectivity index is 1.85. The smallest absolute Gasteiger partial charge is 0.363 e. The molecule has 0 N–H and O–H groups in total. The molecule has 0 fully saturated rings. The summed E-state index contributed by atoms with van der Waals surface area (Å²) in [7, 11) is 0. The summed E-state index contributed by atoms with van der Waals surface area (Å²) in [5.41, 5.74) is 2.81. The van der Waals surface area contributed by atoms with Gasteiger partial charge in [0.15, 0.2) is 16.8 Å². The number of halogens is 1. The zero-order valence-corrected chi connectivity index (χ0v) is 16.0. The van der Waals surface area contributed by atoms with Crippen LogP contribution in [0.5, 0.6) is 11.5 Å². The molecule has 0 spiro atoms. The maximum atomic E-state index is 12.7. The molecule has 1 aliphatic heterocycles. The standard InChI is InChI=1S/C21H14BrNO4/c1-2-25-17-5-3-4-13-14-8-11-10-26-16-7-6-12(22)9-15(16)18(11)23-19(14)21(24)27-20(13)17/h3-9H,2,10H2,1H3. The second-order valence-electron chi connectivity index (χ2n) is 6.28. The molecule has 0 saturated heterocycles. The molecule has 1 aliphatic rings. The van der Waals surface area contributed by atoms with Gasteiger partial charge in [-0.1, -0.05) is 28.1 Å². The summed E-state index contributed by atoms with van der Waals surface area (Å²) in [5.74, 6) is 1.30. The van der Waals surface area contributed by atoms with Crippen molar-refractivity contribution in [2.24, 2.45) is 0 Å². The number of rotatable bonds is 2. The predicted octanol–water partition coefficient (Wildman–Crippen LogP) is 5.06. The van der Waals surface area contributed by atoms with Crippen LogP contribution in [-0.4, -0.2) is 11.6 Å². The van der Waals surface area contributed by atoms with Crippen molar-refractivity contribution >= 4 is 37.8 Å². The first-order chi connectivity index (χ1) is 13.2. The van der Waals surface area contributed by atoms with Gasteiger partial charge in [0.1, 0.15) is 12.4 Å². The van der Waals surface area contributed by atoms with E-state index in [9.17, 15) is 4.79 Å². The van der Waals surface area contributed by atoms with Crippen molar-refractivity contribution in [1.82, 2.24) is 4.98 Å². The van der Waals surface area contributed by atoms with Crippen molar-refractivity contribution in [1.29, 1.82) is 0 Å². The summed E-state index contributed by atoms with van der Waals surface area (Å²) < 4.78 is 18.0. The lowest BCUT2D eigenvalue weighted by Gasteiger charge is -2.20. The van der Waals surface area contributed by atoms with Gasteiger partial charge >= 0.3 is 5.63 Å². The van der Waals surface area contributed by atoms with Gasteiger partial charge in [-0.2, -0.15) is 0 Å². The van der Waals surface area contributed by atoms with Crippen LogP contribution >= 0.6 is 15.9 Å². The molecule has 3 heterocycles. The van der Waals surface area contributed by atoms with Crippen molar-refractivity contribution < 1.29 is 13.9 Å². The molecule has 27 heavy (non-hydrogen) atoms. The number of hydrogen-bond acceptors (Lipinski definition) is 5. The van der Waals surface area contributed by atoms with Crippen molar-refractivity contribution in [2.75, 3.05) is 6.61 Å². The van der Waals surface area contributed by atoms with Crippen molar-refractivity contribution in [3.8, 4) is 22.8 Å². The first-order valence-electron chi connectivity index (χ1n) is 8.60. The third-order valence-corrected chi connectivity index (χ3v) is 5.13. The summed E-state index contributed by atoms with van der Waals surface area (Å²) >= 11 is 3.48. The highest BCUT2D eigenvalue weighted by Crippen LogP contribution is 2.40. The molecule has 0 saturated carbocycles. The Labute approximate surface area is 162 Å². The van der Waals surface area contributed by atoms with E-state index in [1.807, 2.05) is 43.3 Å². The molecule has 0 amide bonds. The molecule has 4 aromatic rings. The fraction of sp³-hybridized carbons (Fsp3) is 0.143. The average molecular weight is 424 g/mol. The minimum absolute atomic E-state index is 0.308. The average Bonchev–Trinajstić information content (AvgIpc) is 2.68. The largest absolute Gasteiger partial charge is 0.490 e. The van der Waals surface area contributed by atoms with E-state index in [2.05, 4.69) is 20.9 Å². The topological polar surface area (TPSA) is 61.6 Å². The number of ether oxygens (including phenoxy) is 2. The summed E-state index contributed by atoms with van der Waals surface area (Å²) in [4.78, 5) is 17.4. The van der Waals surface area contributed by atoms with Crippen molar-refractivity contribution in [3.05, 3.63) is 62.9 Å². The maximum absolute atomic E-state index is 12.7. The molecule has 6 heteroatoms. The Hall–Kier alpha value is -2.86. The molecule has 0 atom stereocenters. The highest BCUT2D eigenvalue weighted by Gasteiger charge is 2.22. The van der Waals surface area contributed by atoms with Crippen LogP contribution in [0.3, 0.4) is 0 Å². The van der Waals surface area contributed by atoms with Gasteiger partial charge in [0.05, 0.1) is 12.3 Å². The fourth-order valence-electron chi connectivity index (χ4n) is 3.47. The molecule has 2 aromatic heterocycles. The van der Waals surface area contributed by atoms with Crippen molar-refractivity contribution in [3.63, 3.8) is 0 Å². The van der Waals surface area contributed by atoms with Crippen LogP contribution < -0.4 is 15.1 Å². The van der Waals surface area contributed by atoms with E-state index in [4.69, 9.17) is 13.9 Å². The normalized spacial score (nSPS) is 12.5. The van der Waals surface area contributed by atoms with Crippen LogP contribution in [0.1, 0.15) is 12.5 Å². The quantitative estimate of drug-likeness (QED) is 0.333. The Bertz CT molecular complexity index is 1280. The van der Waals surface area contributed by atoms with Crippen LogP contribution in [0.25, 0.3) is 33.1 Å². The SMILES string of the molecule is CCOc1cccc2c1oc(=O)c1nc3c(cc12)COc1ccc(Br)cc1-3. The first-order valence-corrected chi connectivity index (χ1v) is 9.40. The fourth-order valence-corrected chi connectivity index (χ4v) is 3.83. The molecule has 2 aromatic carbocycles. The zero-order chi connectivity index (χ0) is 18.5. The van der Waals surface area contributed by atoms with Crippen molar-refractivity contribution in [2.45, 2.75) is 13.5 Å². The molecule has 5 nitrogen and oxygen atoms in total. The number of aromatic nitrogens is 1. The van der Waals surface area contributed by atoms with Gasteiger partial charge in [-0.15, -0.1) is 0 Å². The molecule has 0 radical (unpaired) electrons. The minimum atomic E-state index is -0.476. The third-order valence-electron chi connectivity index (χ3n) is 4.64. The van der Waals surface area contributed by atoms with Gasteiger partial charge in [-0.05, 0) is 37.3 Å². The molecule has 5 rings (SSSR count). The summed E-state index contributed by atoms with van der Waals surface area (Å²) in [6.45, 7) is 2.78. The molecule has 0 bridgehead atoms. The summed E-state index contributed by atoms with van der Waals surface area (Å²) in [6.07, 6.45) is 0. The highest BCUT2D eigenvalue weighted by atomic mass is 79.9. The number of pyridine rings is 1. The predicted molar refractivity (Wildman–Crippen MR) is 106 cm³/mol. The molecule has 0 unspecified atom stereocenters. The number of para-hydroxylation sites is 1. The highest BCUT2D eigenvalue weighted by molar-refractivity contribution is 9.10. The van der Waals surface area contributed by atoms with E-state index in [1.54, 1.807) is 6.07 Å². The number of nitrogens with zero attached hydrogens (tertiary/aromatic N) is 1. The van der Waals surface area contributed by atoms with E-state index in [-0.39, 0.29) is 0 Å². The lowest BCUT2D eigenvalue weighted by atomic mass is 10.00. The van der Waals surface area contributed by atoms with Gasteiger partial charge in [0, 0.05) is 26.4 Å². The molecular weight excluding hydrogens is 410 g/mol. The van der Waals surface area contributed by atoms with E-state index < -0.39 is 5.63 Å². The lowest BCUT2D eigenvalue weighted by Crippen LogP contribution is -2.11. The van der Waals surface area contributed by atoms with Gasteiger partial charge in [0.25, 0.3) is 0 Å². The Morgan fingerprint density at radius 2 is 2.07 bits per heavy atom. The molecular formula is C21H14BrNO4. The van der Waals surface area contributed by atoms with Crippen LogP contribution in [0.15, 0.2) is 56.1 Å². The van der Waals surface area contributed by atoms with Gasteiger partial charge in [0.2, 0.25) is 0 Å². The van der Waals surface area contributed by atoms with E-state index in [0.717, 1.165) is 37.8 Å². The van der Waals surface area contributed by atoms with E-state index in [1.165, 1.54) is 0 Å². The minimum Gasteiger partial charge on any atom is -0.490 e. The Morgan fingerprint density at radius 3 is 2.93 bits per heavy atom. The first kappa shape index (κ1) is 16.3. The van der Waals surface area contributed by atoms with Crippen LogP contribution in [0.2, 0.25) is 0 Å². The van der Waals surface area contributed by atoms with Crippen LogP contribution in [-0.2, 0) is 6.61 Å². The lowest BCUT2D eigenvalue weighted by molar-refractivity contribution is 0.301. The van der Waals surface area contributed by atoms with E-state index >= 15 is 0 Å². The van der Waals surface area contributed by atoms with Crippen LogP contribution in [0.4, 0.5) is 0 Å². The van der Waals surface area contributed by atoms with Crippen LogP contribution in [0, 0.1) is 0 Å². The number of hydrogen-bond donors (Lipinski definition) is 0. The van der Waals surface area contributed by atoms with Gasteiger partial charge in [-0.3, -0.25) is 0 Å². The Morgan fingerprint density at radius 1 is 1.19 bits per heavy atom. The van der Waals surface area contributed by atoms with E-state index in [0.29, 0.717) is 30.1 Å². The number of benzene rings is 2. The number of fused-ring (bicyclic) bond motifs is 6. The maximum Gasteiger partial charge on any atom is 0.363 e. The monoisotopic (exact) mass is 423 g/mol. The molecule has 134 valence electrons. The van der Waals surface area contributed by atoms with Gasteiger partial charge in [-0.25, -0.2) is 9.78 Å². The Kier molecular flexibility index (Phi) is 3.68. The zero-order valence-electron chi connectivity index (χ0n) is 14.4. The van der Waals surface area contributed by atoms with Gasteiger partial charge < -0.3 is 13.9 Å². The molecule has 0 aliphatic carbocycles. The second kappa shape index (κ2) is 6.09. The summed E-state index contributed by atoms with van der Waals surface area (Å²) in [5, 5.41) is 1.54. The second-order valence-corrected chi connectivity index (χ2v) is 7.19. The third kappa shape index (κ3) is 2.51.